The molecule has 1 saturated heterocycles. The summed E-state index contributed by atoms with van der Waals surface area (Å²) in [7, 11) is 0. The molecular formula is C15H22N6. The van der Waals surface area contributed by atoms with Crippen LogP contribution < -0.4 is 10.2 Å². The van der Waals surface area contributed by atoms with Gasteiger partial charge in [0.25, 0.3) is 5.95 Å². The zero-order chi connectivity index (χ0) is 14.8. The lowest BCUT2D eigenvalue weighted by Gasteiger charge is -2.28. The highest BCUT2D eigenvalue weighted by Gasteiger charge is 2.15. The van der Waals surface area contributed by atoms with Gasteiger partial charge in [-0.1, -0.05) is 6.92 Å². The van der Waals surface area contributed by atoms with E-state index in [1.807, 2.05) is 24.6 Å². The maximum atomic E-state index is 4.74. The van der Waals surface area contributed by atoms with Crippen molar-refractivity contribution in [2.24, 2.45) is 0 Å². The Morgan fingerprint density at radius 2 is 1.90 bits per heavy atom. The van der Waals surface area contributed by atoms with E-state index in [2.05, 4.69) is 33.3 Å². The molecule has 112 valence electrons. The van der Waals surface area contributed by atoms with Gasteiger partial charge in [0.2, 0.25) is 0 Å². The molecule has 0 amide bonds. The molecule has 2 aromatic rings. The summed E-state index contributed by atoms with van der Waals surface area (Å²) in [6.45, 7) is 10.1. The van der Waals surface area contributed by atoms with Crippen LogP contribution in [0, 0.1) is 13.8 Å². The van der Waals surface area contributed by atoms with Crippen LogP contribution in [0.3, 0.4) is 0 Å². The van der Waals surface area contributed by atoms with Gasteiger partial charge in [-0.2, -0.15) is 10.1 Å². The van der Waals surface area contributed by atoms with Crippen LogP contribution in [0.15, 0.2) is 12.1 Å². The third-order valence-electron chi connectivity index (χ3n) is 3.76. The average molecular weight is 286 g/mol. The Balaban J connectivity index is 2.02. The van der Waals surface area contributed by atoms with Gasteiger partial charge in [0, 0.05) is 43.6 Å². The Labute approximate surface area is 125 Å². The van der Waals surface area contributed by atoms with E-state index in [9.17, 15) is 0 Å². The minimum absolute atomic E-state index is 0.675. The number of nitrogens with one attached hydrogen (secondary N) is 1. The van der Waals surface area contributed by atoms with Crippen LogP contribution in [0.25, 0.3) is 5.95 Å². The zero-order valence-electron chi connectivity index (χ0n) is 12.9. The van der Waals surface area contributed by atoms with Crippen molar-refractivity contribution in [3.63, 3.8) is 0 Å². The van der Waals surface area contributed by atoms with Gasteiger partial charge in [-0.15, -0.1) is 0 Å². The monoisotopic (exact) mass is 286 g/mol. The highest BCUT2D eigenvalue weighted by atomic mass is 15.4. The van der Waals surface area contributed by atoms with E-state index in [4.69, 9.17) is 4.98 Å². The largest absolute Gasteiger partial charge is 0.354 e. The molecule has 0 unspecified atom stereocenters. The summed E-state index contributed by atoms with van der Waals surface area (Å²) in [6, 6.07) is 4.15. The van der Waals surface area contributed by atoms with Crippen molar-refractivity contribution < 1.29 is 0 Å². The third kappa shape index (κ3) is 2.90. The second-order valence-electron chi connectivity index (χ2n) is 5.45. The Kier molecular flexibility index (Phi) is 3.88. The van der Waals surface area contributed by atoms with Gasteiger partial charge in [0.05, 0.1) is 5.69 Å². The SMILES string of the molecule is CCc1cc(N2CCNCC2)nc(-n2nc(C)cc2C)n1. The van der Waals surface area contributed by atoms with Crippen LogP contribution in [0.5, 0.6) is 0 Å². The van der Waals surface area contributed by atoms with Gasteiger partial charge in [0.15, 0.2) is 0 Å². The molecule has 0 spiro atoms. The van der Waals surface area contributed by atoms with Crippen LogP contribution in [0.2, 0.25) is 0 Å². The summed E-state index contributed by atoms with van der Waals surface area (Å²) < 4.78 is 1.83. The highest BCUT2D eigenvalue weighted by Crippen LogP contribution is 2.17. The van der Waals surface area contributed by atoms with Crippen LogP contribution in [0.4, 0.5) is 5.82 Å². The van der Waals surface area contributed by atoms with Crippen LogP contribution in [-0.2, 0) is 6.42 Å². The average Bonchev–Trinajstić information content (AvgIpc) is 2.86. The van der Waals surface area contributed by atoms with Gasteiger partial charge < -0.3 is 10.2 Å². The molecule has 0 saturated carbocycles. The maximum Gasteiger partial charge on any atom is 0.252 e. The minimum Gasteiger partial charge on any atom is -0.354 e. The molecular weight excluding hydrogens is 264 g/mol. The minimum atomic E-state index is 0.675. The van der Waals surface area contributed by atoms with E-state index in [1.54, 1.807) is 0 Å². The number of rotatable bonds is 3. The molecule has 0 bridgehead atoms. The molecule has 21 heavy (non-hydrogen) atoms. The fraction of sp³-hybridized carbons (Fsp3) is 0.533. The van der Waals surface area contributed by atoms with Crippen LogP contribution >= 0.6 is 0 Å². The number of aromatic nitrogens is 4. The molecule has 1 aliphatic heterocycles. The van der Waals surface area contributed by atoms with Crippen molar-refractivity contribution in [3.8, 4) is 5.95 Å². The molecule has 2 aromatic heterocycles. The molecule has 3 rings (SSSR count). The van der Waals surface area contributed by atoms with Gasteiger partial charge in [-0.05, 0) is 26.3 Å². The quantitative estimate of drug-likeness (QED) is 0.920. The van der Waals surface area contributed by atoms with Crippen molar-refractivity contribution >= 4 is 5.82 Å². The summed E-state index contributed by atoms with van der Waals surface area (Å²) in [5.41, 5.74) is 3.11. The number of aryl methyl sites for hydroxylation is 3. The first kappa shape index (κ1) is 14.0. The zero-order valence-corrected chi connectivity index (χ0v) is 12.9. The fourth-order valence-corrected chi connectivity index (χ4v) is 2.63. The Hall–Kier alpha value is -1.95. The molecule has 6 nitrogen and oxygen atoms in total. The van der Waals surface area contributed by atoms with E-state index >= 15 is 0 Å². The Bertz CT molecular complexity index is 627. The van der Waals surface area contributed by atoms with Crippen molar-refractivity contribution in [2.45, 2.75) is 27.2 Å². The normalized spacial score (nSPS) is 15.5. The molecule has 1 fully saturated rings. The molecule has 3 heterocycles. The van der Waals surface area contributed by atoms with Gasteiger partial charge in [-0.25, -0.2) is 9.67 Å². The van der Waals surface area contributed by atoms with Crippen molar-refractivity contribution in [2.75, 3.05) is 31.1 Å². The lowest BCUT2D eigenvalue weighted by Crippen LogP contribution is -2.44. The molecule has 0 aromatic carbocycles. The van der Waals surface area contributed by atoms with Gasteiger partial charge in [-0.3, -0.25) is 0 Å². The second kappa shape index (κ2) is 5.81. The summed E-state index contributed by atoms with van der Waals surface area (Å²) in [5, 5.41) is 7.87. The van der Waals surface area contributed by atoms with E-state index in [1.165, 1.54) is 0 Å². The summed E-state index contributed by atoms with van der Waals surface area (Å²) >= 11 is 0. The van der Waals surface area contributed by atoms with Gasteiger partial charge in [0.1, 0.15) is 5.82 Å². The highest BCUT2D eigenvalue weighted by molar-refractivity contribution is 5.43. The Morgan fingerprint density at radius 3 is 2.52 bits per heavy atom. The molecule has 0 aliphatic carbocycles. The maximum absolute atomic E-state index is 4.74. The lowest BCUT2D eigenvalue weighted by atomic mass is 10.3. The van der Waals surface area contributed by atoms with E-state index < -0.39 is 0 Å². The molecule has 1 aliphatic rings. The number of anilines is 1. The summed E-state index contributed by atoms with van der Waals surface area (Å²) in [6.07, 6.45) is 0.897. The molecule has 0 atom stereocenters. The van der Waals surface area contributed by atoms with E-state index in [-0.39, 0.29) is 0 Å². The number of hydrogen-bond acceptors (Lipinski definition) is 5. The van der Waals surface area contributed by atoms with Crippen molar-refractivity contribution in [1.82, 2.24) is 25.1 Å². The number of piperazine rings is 1. The third-order valence-corrected chi connectivity index (χ3v) is 3.76. The predicted molar refractivity (Wildman–Crippen MR) is 83.1 cm³/mol. The first-order chi connectivity index (χ1) is 10.2. The first-order valence-electron chi connectivity index (χ1n) is 7.54. The lowest BCUT2D eigenvalue weighted by molar-refractivity contribution is 0.583. The van der Waals surface area contributed by atoms with Crippen molar-refractivity contribution in [1.29, 1.82) is 0 Å². The summed E-state index contributed by atoms with van der Waals surface area (Å²) in [4.78, 5) is 11.7. The standard InChI is InChI=1S/C15H22N6/c1-4-13-10-14(20-7-5-16-6-8-20)18-15(17-13)21-12(3)9-11(2)19-21/h9-10,16H,4-8H2,1-3H3. The molecule has 1 N–H and O–H groups in total. The second-order valence-corrected chi connectivity index (χ2v) is 5.45. The van der Waals surface area contributed by atoms with E-state index in [0.717, 1.165) is 55.5 Å². The Morgan fingerprint density at radius 1 is 1.14 bits per heavy atom. The van der Waals surface area contributed by atoms with E-state index in [0.29, 0.717) is 5.95 Å². The summed E-state index contributed by atoms with van der Waals surface area (Å²) in [5.74, 6) is 1.68. The smallest absolute Gasteiger partial charge is 0.252 e. The predicted octanol–water partition coefficient (Wildman–Crippen LogP) is 1.25. The number of hydrogen-bond donors (Lipinski definition) is 1. The van der Waals surface area contributed by atoms with Gasteiger partial charge >= 0.3 is 0 Å². The molecule has 0 radical (unpaired) electrons. The molecule has 6 heteroatoms. The van der Waals surface area contributed by atoms with Crippen LogP contribution in [0.1, 0.15) is 24.0 Å². The topological polar surface area (TPSA) is 58.9 Å². The van der Waals surface area contributed by atoms with Crippen LogP contribution in [-0.4, -0.2) is 45.9 Å². The fourth-order valence-electron chi connectivity index (χ4n) is 2.63. The van der Waals surface area contributed by atoms with Crippen molar-refractivity contribution in [3.05, 3.63) is 29.2 Å². The number of nitrogens with zero attached hydrogens (tertiary/aromatic N) is 5. The first-order valence-corrected chi connectivity index (χ1v) is 7.54.